The number of nitrogens with two attached hydrogens (primary N) is 1. The molecular weight excluding hydrogens is 193 g/mol. The molecule has 3 heteroatoms. The molecular formula is C12H14FNO. The number of benzene rings is 1. The topological polar surface area (TPSA) is 43.1 Å². The Morgan fingerprint density at radius 2 is 2.07 bits per heavy atom. The number of hydrogen-bond acceptors (Lipinski definition) is 2. The van der Waals surface area contributed by atoms with Crippen LogP contribution in [0.5, 0.6) is 0 Å². The SMILES string of the molecule is NC1CCC(C(=O)c2ccccc2F)C1. The van der Waals surface area contributed by atoms with Crippen LogP contribution in [0.4, 0.5) is 4.39 Å². The van der Waals surface area contributed by atoms with Gasteiger partial charge in [-0.25, -0.2) is 4.39 Å². The van der Waals surface area contributed by atoms with E-state index in [1.807, 2.05) is 0 Å². The van der Waals surface area contributed by atoms with Crippen LogP contribution in [0.15, 0.2) is 24.3 Å². The predicted molar refractivity (Wildman–Crippen MR) is 56.0 cm³/mol. The molecule has 0 saturated heterocycles. The third-order valence-electron chi connectivity index (χ3n) is 2.98. The first-order valence-electron chi connectivity index (χ1n) is 5.23. The summed E-state index contributed by atoms with van der Waals surface area (Å²) < 4.78 is 13.3. The molecule has 2 nitrogen and oxygen atoms in total. The van der Waals surface area contributed by atoms with Crippen LogP contribution < -0.4 is 5.73 Å². The van der Waals surface area contributed by atoms with Crippen molar-refractivity contribution in [1.82, 2.24) is 0 Å². The Morgan fingerprint density at radius 1 is 1.33 bits per heavy atom. The molecule has 1 aromatic carbocycles. The fourth-order valence-electron chi connectivity index (χ4n) is 2.14. The Kier molecular flexibility index (Phi) is 2.82. The second-order valence-corrected chi connectivity index (χ2v) is 4.11. The van der Waals surface area contributed by atoms with E-state index in [0.717, 1.165) is 12.8 Å². The first-order valence-corrected chi connectivity index (χ1v) is 5.23. The highest BCUT2D eigenvalue weighted by molar-refractivity contribution is 5.98. The standard InChI is InChI=1S/C12H14FNO/c13-11-4-2-1-3-10(11)12(15)8-5-6-9(14)7-8/h1-4,8-9H,5-7,14H2. The molecule has 0 radical (unpaired) electrons. The van der Waals surface area contributed by atoms with Gasteiger partial charge in [0.2, 0.25) is 0 Å². The van der Waals surface area contributed by atoms with Crippen molar-refractivity contribution in [2.24, 2.45) is 11.7 Å². The number of halogens is 1. The molecule has 0 aromatic heterocycles. The second-order valence-electron chi connectivity index (χ2n) is 4.11. The summed E-state index contributed by atoms with van der Waals surface area (Å²) in [7, 11) is 0. The van der Waals surface area contributed by atoms with Crippen molar-refractivity contribution in [3.63, 3.8) is 0 Å². The third-order valence-corrected chi connectivity index (χ3v) is 2.98. The summed E-state index contributed by atoms with van der Waals surface area (Å²) in [5, 5.41) is 0. The van der Waals surface area contributed by atoms with E-state index in [4.69, 9.17) is 5.73 Å². The Morgan fingerprint density at radius 3 is 2.67 bits per heavy atom. The third kappa shape index (κ3) is 2.07. The highest BCUT2D eigenvalue weighted by Gasteiger charge is 2.29. The Bertz CT molecular complexity index is 378. The van der Waals surface area contributed by atoms with Crippen molar-refractivity contribution in [2.45, 2.75) is 25.3 Å². The Hall–Kier alpha value is -1.22. The molecule has 0 bridgehead atoms. The van der Waals surface area contributed by atoms with Crippen molar-refractivity contribution in [3.05, 3.63) is 35.6 Å². The fraction of sp³-hybridized carbons (Fsp3) is 0.417. The van der Waals surface area contributed by atoms with E-state index in [1.54, 1.807) is 18.2 Å². The minimum absolute atomic E-state index is 0.0862. The lowest BCUT2D eigenvalue weighted by molar-refractivity contribution is 0.0917. The summed E-state index contributed by atoms with van der Waals surface area (Å²) in [6.07, 6.45) is 2.34. The fourth-order valence-corrected chi connectivity index (χ4v) is 2.14. The lowest BCUT2D eigenvalue weighted by Crippen LogP contribution is -2.18. The van der Waals surface area contributed by atoms with E-state index in [9.17, 15) is 9.18 Å². The van der Waals surface area contributed by atoms with Gasteiger partial charge >= 0.3 is 0 Å². The van der Waals surface area contributed by atoms with Crippen LogP contribution in [0, 0.1) is 11.7 Å². The monoisotopic (exact) mass is 207 g/mol. The summed E-state index contributed by atoms with van der Waals surface area (Å²) in [6, 6.07) is 6.24. The second kappa shape index (κ2) is 4.11. The molecule has 1 aliphatic rings. The van der Waals surface area contributed by atoms with Crippen LogP contribution in [0.1, 0.15) is 29.6 Å². The summed E-state index contributed by atoms with van der Waals surface area (Å²) in [5.41, 5.74) is 5.94. The van der Waals surface area contributed by atoms with Crippen molar-refractivity contribution in [1.29, 1.82) is 0 Å². The Balaban J connectivity index is 2.18. The van der Waals surface area contributed by atoms with E-state index in [-0.39, 0.29) is 23.3 Å². The first-order chi connectivity index (χ1) is 7.18. The number of carbonyl (C=O) groups excluding carboxylic acids is 1. The molecule has 0 spiro atoms. The highest BCUT2D eigenvalue weighted by atomic mass is 19.1. The van der Waals surface area contributed by atoms with E-state index in [2.05, 4.69) is 0 Å². The number of ketones is 1. The summed E-state index contributed by atoms with van der Waals surface area (Å²) in [4.78, 5) is 11.9. The van der Waals surface area contributed by atoms with Gasteiger partial charge in [-0.15, -0.1) is 0 Å². The maximum absolute atomic E-state index is 13.3. The van der Waals surface area contributed by atoms with Gasteiger partial charge in [-0.2, -0.15) is 0 Å². The first kappa shape index (κ1) is 10.3. The van der Waals surface area contributed by atoms with Crippen LogP contribution in [0.3, 0.4) is 0 Å². The molecule has 2 N–H and O–H groups in total. The summed E-state index contributed by atoms with van der Waals surface area (Å²) in [6.45, 7) is 0. The average Bonchev–Trinajstić information content (AvgIpc) is 2.65. The molecule has 0 amide bonds. The van der Waals surface area contributed by atoms with Crippen LogP contribution in [0.25, 0.3) is 0 Å². The van der Waals surface area contributed by atoms with E-state index >= 15 is 0 Å². The number of hydrogen-bond donors (Lipinski definition) is 1. The lowest BCUT2D eigenvalue weighted by atomic mass is 9.96. The molecule has 15 heavy (non-hydrogen) atoms. The number of Topliss-reactive ketones (excluding diaryl/α,β-unsaturated/α-hetero) is 1. The van der Waals surface area contributed by atoms with Gasteiger partial charge in [0.15, 0.2) is 5.78 Å². The normalized spacial score (nSPS) is 25.5. The van der Waals surface area contributed by atoms with Crippen LogP contribution in [-0.2, 0) is 0 Å². The molecule has 80 valence electrons. The van der Waals surface area contributed by atoms with Gasteiger partial charge in [0.05, 0.1) is 5.56 Å². The number of rotatable bonds is 2. The highest BCUT2D eigenvalue weighted by Crippen LogP contribution is 2.28. The largest absolute Gasteiger partial charge is 0.328 e. The minimum Gasteiger partial charge on any atom is -0.328 e. The number of carbonyl (C=O) groups is 1. The molecule has 2 rings (SSSR count). The van der Waals surface area contributed by atoms with Gasteiger partial charge in [0, 0.05) is 12.0 Å². The van der Waals surface area contributed by atoms with Gasteiger partial charge in [-0.3, -0.25) is 4.79 Å². The van der Waals surface area contributed by atoms with Crippen LogP contribution in [-0.4, -0.2) is 11.8 Å². The maximum atomic E-state index is 13.3. The van der Waals surface area contributed by atoms with E-state index < -0.39 is 5.82 Å². The predicted octanol–water partition coefficient (Wildman–Crippen LogP) is 2.14. The molecule has 0 heterocycles. The average molecular weight is 207 g/mol. The molecule has 2 atom stereocenters. The zero-order valence-electron chi connectivity index (χ0n) is 8.45. The maximum Gasteiger partial charge on any atom is 0.168 e. The summed E-state index contributed by atoms with van der Waals surface area (Å²) in [5.74, 6) is -0.610. The van der Waals surface area contributed by atoms with Gasteiger partial charge in [-0.05, 0) is 31.4 Å². The van der Waals surface area contributed by atoms with Crippen LogP contribution >= 0.6 is 0 Å². The van der Waals surface area contributed by atoms with Gasteiger partial charge in [0.1, 0.15) is 5.82 Å². The molecule has 1 saturated carbocycles. The quantitative estimate of drug-likeness (QED) is 0.755. The zero-order chi connectivity index (χ0) is 10.8. The van der Waals surface area contributed by atoms with Crippen molar-refractivity contribution in [3.8, 4) is 0 Å². The Labute approximate surface area is 88.3 Å². The lowest BCUT2D eigenvalue weighted by Gasteiger charge is -2.08. The zero-order valence-corrected chi connectivity index (χ0v) is 8.45. The van der Waals surface area contributed by atoms with Gasteiger partial charge in [0.25, 0.3) is 0 Å². The van der Waals surface area contributed by atoms with Crippen molar-refractivity contribution < 1.29 is 9.18 Å². The van der Waals surface area contributed by atoms with Crippen molar-refractivity contribution >= 4 is 5.78 Å². The van der Waals surface area contributed by atoms with E-state index in [0.29, 0.717) is 6.42 Å². The molecule has 0 aliphatic heterocycles. The molecule has 1 fully saturated rings. The molecule has 1 aromatic rings. The smallest absolute Gasteiger partial charge is 0.168 e. The molecule has 2 unspecified atom stereocenters. The van der Waals surface area contributed by atoms with Gasteiger partial charge < -0.3 is 5.73 Å². The van der Waals surface area contributed by atoms with Crippen molar-refractivity contribution in [2.75, 3.05) is 0 Å². The van der Waals surface area contributed by atoms with Gasteiger partial charge in [-0.1, -0.05) is 12.1 Å². The van der Waals surface area contributed by atoms with E-state index in [1.165, 1.54) is 6.07 Å². The summed E-state index contributed by atoms with van der Waals surface area (Å²) >= 11 is 0. The molecule has 1 aliphatic carbocycles. The minimum atomic E-state index is -0.428. The van der Waals surface area contributed by atoms with Crippen LogP contribution in [0.2, 0.25) is 0 Å².